The van der Waals surface area contributed by atoms with Crippen molar-refractivity contribution in [3.05, 3.63) is 69.4 Å². The van der Waals surface area contributed by atoms with Crippen molar-refractivity contribution in [2.75, 3.05) is 0 Å². The number of aromatic amines is 2. The highest BCUT2D eigenvalue weighted by Gasteiger charge is 2.39. The SMILES string of the molecule is C=CCCC(=O)C(CC=C)(CC=C)n1c(=O)[nH]c(=O)[nH]c1=O. The van der Waals surface area contributed by atoms with Crippen molar-refractivity contribution in [1.82, 2.24) is 14.5 Å². The second-order valence-corrected chi connectivity index (χ2v) is 4.79. The smallest absolute Gasteiger partial charge is 0.297 e. The summed E-state index contributed by atoms with van der Waals surface area (Å²) >= 11 is 0. The normalized spacial score (nSPS) is 10.9. The van der Waals surface area contributed by atoms with Crippen molar-refractivity contribution < 1.29 is 4.79 Å². The predicted molar refractivity (Wildman–Crippen MR) is 84.0 cm³/mol. The van der Waals surface area contributed by atoms with Gasteiger partial charge in [-0.15, -0.1) is 19.7 Å². The third-order valence-corrected chi connectivity index (χ3v) is 3.33. The molecule has 0 radical (unpaired) electrons. The number of allylic oxidation sites excluding steroid dienone is 3. The fraction of sp³-hybridized carbons (Fsp3) is 0.333. The summed E-state index contributed by atoms with van der Waals surface area (Å²) in [6.07, 6.45) is 5.11. The standard InChI is InChI=1S/C15H19N3O4/c1-4-7-8-11(19)15(9-5-2,10-6-3)18-13(21)16-12(20)17-14(18)22/h4-6H,1-3,7-10H2,(H2,16,17,20,21,22). The Morgan fingerprint density at radius 2 is 1.50 bits per heavy atom. The molecule has 0 amide bonds. The minimum absolute atomic E-state index is 0.0596. The monoisotopic (exact) mass is 305 g/mol. The van der Waals surface area contributed by atoms with Gasteiger partial charge >= 0.3 is 17.1 Å². The van der Waals surface area contributed by atoms with E-state index < -0.39 is 22.6 Å². The fourth-order valence-electron chi connectivity index (χ4n) is 2.38. The van der Waals surface area contributed by atoms with Gasteiger partial charge in [0.1, 0.15) is 5.54 Å². The van der Waals surface area contributed by atoms with E-state index in [1.54, 1.807) is 6.08 Å². The van der Waals surface area contributed by atoms with Crippen LogP contribution in [0, 0.1) is 0 Å². The third-order valence-electron chi connectivity index (χ3n) is 3.33. The summed E-state index contributed by atoms with van der Waals surface area (Å²) in [5, 5.41) is 0. The Morgan fingerprint density at radius 1 is 1.00 bits per heavy atom. The Bertz CT molecular complexity index is 707. The molecule has 7 heteroatoms. The van der Waals surface area contributed by atoms with Gasteiger partial charge in [0.25, 0.3) is 0 Å². The minimum atomic E-state index is -1.46. The minimum Gasteiger partial charge on any atom is -0.297 e. The number of ketones is 1. The van der Waals surface area contributed by atoms with Crippen molar-refractivity contribution in [1.29, 1.82) is 0 Å². The first-order valence-corrected chi connectivity index (χ1v) is 6.75. The molecule has 0 atom stereocenters. The van der Waals surface area contributed by atoms with Crippen LogP contribution in [0.4, 0.5) is 0 Å². The van der Waals surface area contributed by atoms with Crippen molar-refractivity contribution in [3.63, 3.8) is 0 Å². The van der Waals surface area contributed by atoms with Crippen LogP contribution in [-0.2, 0) is 10.3 Å². The van der Waals surface area contributed by atoms with E-state index >= 15 is 0 Å². The van der Waals surface area contributed by atoms with E-state index in [1.165, 1.54) is 12.2 Å². The van der Waals surface area contributed by atoms with Crippen LogP contribution in [-0.4, -0.2) is 20.3 Å². The first-order chi connectivity index (χ1) is 10.4. The van der Waals surface area contributed by atoms with Gasteiger partial charge in [-0.05, 0) is 19.3 Å². The third kappa shape index (κ3) is 3.30. The average molecular weight is 305 g/mol. The predicted octanol–water partition coefficient (Wildman–Crippen LogP) is 0.608. The van der Waals surface area contributed by atoms with Gasteiger partial charge in [-0.1, -0.05) is 18.2 Å². The molecule has 118 valence electrons. The Kier molecular flexibility index (Phi) is 5.80. The Hall–Kier alpha value is -2.70. The summed E-state index contributed by atoms with van der Waals surface area (Å²) in [5.74, 6) is -0.327. The average Bonchev–Trinajstić information content (AvgIpc) is 2.43. The molecule has 2 N–H and O–H groups in total. The molecule has 0 saturated heterocycles. The molecule has 0 saturated carbocycles. The number of nitrogens with one attached hydrogen (secondary N) is 2. The van der Waals surface area contributed by atoms with Crippen LogP contribution in [0.1, 0.15) is 25.7 Å². The molecule has 0 aliphatic carbocycles. The van der Waals surface area contributed by atoms with E-state index in [-0.39, 0.29) is 25.0 Å². The lowest BCUT2D eigenvalue weighted by Gasteiger charge is -2.31. The maximum absolute atomic E-state index is 12.6. The molecular weight excluding hydrogens is 286 g/mol. The van der Waals surface area contributed by atoms with E-state index in [9.17, 15) is 19.2 Å². The summed E-state index contributed by atoms with van der Waals surface area (Å²) in [4.78, 5) is 51.9. The highest BCUT2D eigenvalue weighted by Crippen LogP contribution is 2.27. The lowest BCUT2D eigenvalue weighted by atomic mass is 9.84. The molecule has 7 nitrogen and oxygen atoms in total. The number of aromatic nitrogens is 3. The van der Waals surface area contributed by atoms with Gasteiger partial charge in [-0.3, -0.25) is 14.8 Å². The van der Waals surface area contributed by atoms with Gasteiger partial charge in [0.2, 0.25) is 0 Å². The number of rotatable bonds is 9. The highest BCUT2D eigenvalue weighted by atomic mass is 16.2. The summed E-state index contributed by atoms with van der Waals surface area (Å²) in [6.45, 7) is 10.7. The van der Waals surface area contributed by atoms with Crippen molar-refractivity contribution in [2.24, 2.45) is 0 Å². The van der Waals surface area contributed by atoms with Gasteiger partial charge in [0.15, 0.2) is 5.78 Å². The van der Waals surface area contributed by atoms with Crippen molar-refractivity contribution >= 4 is 5.78 Å². The quantitative estimate of drug-likeness (QED) is 0.652. The Balaban J connectivity index is 3.65. The molecule has 0 aromatic carbocycles. The topological polar surface area (TPSA) is 105 Å². The van der Waals surface area contributed by atoms with Crippen LogP contribution in [0.3, 0.4) is 0 Å². The lowest BCUT2D eigenvalue weighted by molar-refractivity contribution is -0.127. The van der Waals surface area contributed by atoms with Crippen LogP contribution in [0.5, 0.6) is 0 Å². The first-order valence-electron chi connectivity index (χ1n) is 6.75. The molecule has 1 rings (SSSR count). The van der Waals surface area contributed by atoms with E-state index in [0.717, 1.165) is 4.57 Å². The zero-order valence-corrected chi connectivity index (χ0v) is 12.3. The molecule has 1 aromatic heterocycles. The van der Waals surface area contributed by atoms with Crippen LogP contribution >= 0.6 is 0 Å². The lowest BCUT2D eigenvalue weighted by Crippen LogP contribution is -2.56. The first kappa shape index (κ1) is 17.4. The van der Waals surface area contributed by atoms with Gasteiger partial charge in [0, 0.05) is 6.42 Å². The zero-order chi connectivity index (χ0) is 16.8. The van der Waals surface area contributed by atoms with Crippen molar-refractivity contribution in [2.45, 2.75) is 31.2 Å². The number of nitrogens with zero attached hydrogens (tertiary/aromatic N) is 1. The number of hydrogen-bond acceptors (Lipinski definition) is 4. The molecule has 0 unspecified atom stereocenters. The molecule has 1 heterocycles. The van der Waals surface area contributed by atoms with Gasteiger partial charge in [-0.25, -0.2) is 19.0 Å². The van der Waals surface area contributed by atoms with E-state index in [1.807, 2.05) is 9.97 Å². The summed E-state index contributed by atoms with van der Waals surface area (Å²) in [7, 11) is 0. The fourth-order valence-corrected chi connectivity index (χ4v) is 2.38. The van der Waals surface area contributed by atoms with E-state index in [0.29, 0.717) is 6.42 Å². The highest BCUT2D eigenvalue weighted by molar-refractivity contribution is 5.87. The Labute approximate surface area is 126 Å². The van der Waals surface area contributed by atoms with Gasteiger partial charge in [0.05, 0.1) is 0 Å². The van der Waals surface area contributed by atoms with Crippen LogP contribution in [0.25, 0.3) is 0 Å². The maximum Gasteiger partial charge on any atom is 0.334 e. The number of Topliss-reactive ketones (excluding diaryl/α,β-unsaturated/α-hetero) is 1. The van der Waals surface area contributed by atoms with Crippen LogP contribution in [0.15, 0.2) is 52.3 Å². The second-order valence-electron chi connectivity index (χ2n) is 4.79. The molecular formula is C15H19N3O4. The Morgan fingerprint density at radius 3 is 1.91 bits per heavy atom. The summed E-state index contributed by atoms with van der Waals surface area (Å²) < 4.78 is 0.739. The molecule has 0 fully saturated rings. The van der Waals surface area contributed by atoms with E-state index in [4.69, 9.17) is 0 Å². The number of hydrogen-bond donors (Lipinski definition) is 2. The number of H-pyrrole nitrogens is 2. The molecule has 0 spiro atoms. The molecule has 22 heavy (non-hydrogen) atoms. The molecule has 1 aromatic rings. The summed E-state index contributed by atoms with van der Waals surface area (Å²) in [6, 6.07) is 0. The summed E-state index contributed by atoms with van der Waals surface area (Å²) in [5.41, 5.74) is -4.26. The second kappa shape index (κ2) is 7.35. The number of carbonyl (C=O) groups excluding carboxylic acids is 1. The van der Waals surface area contributed by atoms with E-state index in [2.05, 4.69) is 19.7 Å². The molecule has 0 aliphatic rings. The maximum atomic E-state index is 12.6. The zero-order valence-electron chi connectivity index (χ0n) is 12.3. The van der Waals surface area contributed by atoms with Crippen molar-refractivity contribution in [3.8, 4) is 0 Å². The van der Waals surface area contributed by atoms with Gasteiger partial charge < -0.3 is 0 Å². The number of carbonyl (C=O) groups is 1. The largest absolute Gasteiger partial charge is 0.334 e. The van der Waals surface area contributed by atoms with Gasteiger partial charge in [-0.2, -0.15) is 0 Å². The molecule has 0 bridgehead atoms. The van der Waals surface area contributed by atoms with Crippen LogP contribution in [0.2, 0.25) is 0 Å². The molecule has 0 aliphatic heterocycles. The van der Waals surface area contributed by atoms with Crippen LogP contribution < -0.4 is 17.1 Å².